The fourth-order valence-corrected chi connectivity index (χ4v) is 3.30. The van der Waals surface area contributed by atoms with Gasteiger partial charge in [0.1, 0.15) is 17.0 Å². The molecule has 0 spiro atoms. The molecule has 0 atom stereocenters. The molecule has 4 heteroatoms. The summed E-state index contributed by atoms with van der Waals surface area (Å²) in [5.74, 6) is 2.14. The van der Waals surface area contributed by atoms with Gasteiger partial charge in [0.15, 0.2) is 17.3 Å². The number of carbonyl (C=O) groups excluding carboxylic acids is 1. The van der Waals surface area contributed by atoms with Crippen LogP contribution in [0, 0.1) is 0 Å². The molecule has 0 aromatic heterocycles. The van der Waals surface area contributed by atoms with Gasteiger partial charge in [-0.1, -0.05) is 33.8 Å². The maximum atomic E-state index is 12.8. The predicted molar refractivity (Wildman–Crippen MR) is 141 cm³/mol. The van der Waals surface area contributed by atoms with E-state index in [9.17, 15) is 4.79 Å². The molecule has 0 aliphatic carbocycles. The van der Waals surface area contributed by atoms with Gasteiger partial charge >= 0.3 is 0 Å². The van der Waals surface area contributed by atoms with Crippen LogP contribution in [0.15, 0.2) is 42.5 Å². The van der Waals surface area contributed by atoms with Crippen molar-refractivity contribution in [3.63, 3.8) is 0 Å². The average Bonchev–Trinajstić information content (AvgIpc) is 2.69. The monoisotopic (exact) mass is 466 g/mol. The van der Waals surface area contributed by atoms with Crippen molar-refractivity contribution in [3.05, 3.63) is 59.2 Å². The molecular formula is C30H42O4. The van der Waals surface area contributed by atoms with E-state index in [4.69, 9.17) is 14.2 Å². The van der Waals surface area contributed by atoms with Crippen LogP contribution in [0.2, 0.25) is 0 Å². The topological polar surface area (TPSA) is 44.8 Å². The molecule has 0 N–H and O–H groups in total. The summed E-state index contributed by atoms with van der Waals surface area (Å²) in [5.41, 5.74) is 1.59. The minimum absolute atomic E-state index is 0.0624. The molecule has 0 saturated carbocycles. The molecule has 0 bridgehead atoms. The number of carbonyl (C=O) groups is 1. The van der Waals surface area contributed by atoms with E-state index in [-0.39, 0.29) is 16.8 Å². The Kier molecular flexibility index (Phi) is 8.63. The summed E-state index contributed by atoms with van der Waals surface area (Å²) >= 11 is 0. The highest BCUT2D eigenvalue weighted by molar-refractivity contribution is 6.06. The summed E-state index contributed by atoms with van der Waals surface area (Å²) in [6.07, 6.45) is 4.39. The van der Waals surface area contributed by atoms with Gasteiger partial charge in [-0.25, -0.2) is 0 Å². The molecule has 2 rings (SSSR count). The van der Waals surface area contributed by atoms with Crippen molar-refractivity contribution in [1.29, 1.82) is 0 Å². The Bertz CT molecular complexity index is 994. The molecule has 0 radical (unpaired) electrons. The number of benzene rings is 2. The molecule has 0 amide bonds. The first-order valence-corrected chi connectivity index (χ1v) is 12.1. The van der Waals surface area contributed by atoms with Crippen LogP contribution in [0.3, 0.4) is 0 Å². The van der Waals surface area contributed by atoms with E-state index in [0.29, 0.717) is 17.9 Å². The summed E-state index contributed by atoms with van der Waals surface area (Å²) in [6, 6.07) is 11.3. The van der Waals surface area contributed by atoms with Gasteiger partial charge in [0.2, 0.25) is 0 Å². The number of ketones is 1. The van der Waals surface area contributed by atoms with Crippen LogP contribution in [0.25, 0.3) is 6.08 Å². The fourth-order valence-electron chi connectivity index (χ4n) is 3.30. The largest absolute Gasteiger partial charge is 0.494 e. The average molecular weight is 467 g/mol. The zero-order valence-electron chi connectivity index (χ0n) is 22.7. The van der Waals surface area contributed by atoms with E-state index < -0.39 is 5.60 Å². The van der Waals surface area contributed by atoms with Crippen LogP contribution in [0.1, 0.15) is 97.1 Å². The van der Waals surface area contributed by atoms with Crippen LogP contribution in [-0.2, 0) is 5.41 Å². The highest BCUT2D eigenvalue weighted by Crippen LogP contribution is 2.43. The lowest BCUT2D eigenvalue weighted by Gasteiger charge is -2.32. The highest BCUT2D eigenvalue weighted by Gasteiger charge is 2.28. The number of rotatable bonds is 8. The number of hydrogen-bond donors (Lipinski definition) is 0. The Hall–Kier alpha value is -2.75. The Morgan fingerprint density at radius 1 is 0.853 bits per heavy atom. The van der Waals surface area contributed by atoms with Crippen LogP contribution in [-0.4, -0.2) is 23.6 Å². The third kappa shape index (κ3) is 8.55. The Labute approximate surface area is 206 Å². The summed E-state index contributed by atoms with van der Waals surface area (Å²) in [6.45, 7) is 21.3. The summed E-state index contributed by atoms with van der Waals surface area (Å²) in [5, 5.41) is 0. The van der Waals surface area contributed by atoms with E-state index in [1.54, 1.807) is 18.2 Å². The number of hydrogen-bond acceptors (Lipinski definition) is 4. The van der Waals surface area contributed by atoms with Gasteiger partial charge in [0.25, 0.3) is 0 Å². The maximum absolute atomic E-state index is 12.8. The zero-order valence-corrected chi connectivity index (χ0v) is 22.7. The molecule has 2 aromatic rings. The summed E-state index contributed by atoms with van der Waals surface area (Å²) < 4.78 is 18.3. The Balaban J connectivity index is 2.45. The molecule has 0 fully saturated rings. The van der Waals surface area contributed by atoms with Crippen molar-refractivity contribution < 1.29 is 19.0 Å². The minimum Gasteiger partial charge on any atom is -0.494 e. The third-order valence-corrected chi connectivity index (χ3v) is 4.75. The van der Waals surface area contributed by atoms with Crippen molar-refractivity contribution in [2.45, 2.75) is 92.3 Å². The summed E-state index contributed by atoms with van der Waals surface area (Å²) in [7, 11) is 0. The molecule has 0 saturated heterocycles. The SMILES string of the molecule is CCCOc1ccc(C(=O)/C=C\c2cc(OC(C)(C)C)c(OC(C)(C)C)c(C(C)(C)C)c2)cc1. The number of ether oxygens (including phenoxy) is 3. The molecule has 2 aromatic carbocycles. The lowest BCUT2D eigenvalue weighted by Crippen LogP contribution is -2.28. The maximum Gasteiger partial charge on any atom is 0.185 e. The van der Waals surface area contributed by atoms with Crippen LogP contribution >= 0.6 is 0 Å². The third-order valence-electron chi connectivity index (χ3n) is 4.75. The van der Waals surface area contributed by atoms with Crippen molar-refractivity contribution in [3.8, 4) is 17.2 Å². The van der Waals surface area contributed by atoms with Gasteiger partial charge in [-0.05, 0) is 101 Å². The predicted octanol–water partition coefficient (Wildman–Crippen LogP) is 8.02. The van der Waals surface area contributed by atoms with Crippen LogP contribution in [0.5, 0.6) is 17.2 Å². The first-order chi connectivity index (χ1) is 15.6. The molecule has 4 nitrogen and oxygen atoms in total. The van der Waals surface area contributed by atoms with Gasteiger partial charge in [0, 0.05) is 11.1 Å². The van der Waals surface area contributed by atoms with Crippen molar-refractivity contribution in [1.82, 2.24) is 0 Å². The Morgan fingerprint density at radius 3 is 1.94 bits per heavy atom. The Morgan fingerprint density at radius 2 is 1.44 bits per heavy atom. The quantitative estimate of drug-likeness (QED) is 0.292. The zero-order chi connectivity index (χ0) is 25.7. The lowest BCUT2D eigenvalue weighted by molar-refractivity contribution is 0.0935. The fraction of sp³-hybridized carbons (Fsp3) is 0.500. The summed E-state index contributed by atoms with van der Waals surface area (Å²) in [4.78, 5) is 12.8. The first-order valence-electron chi connectivity index (χ1n) is 12.1. The molecule has 0 unspecified atom stereocenters. The minimum atomic E-state index is -0.398. The van der Waals surface area contributed by atoms with Crippen molar-refractivity contribution >= 4 is 11.9 Å². The van der Waals surface area contributed by atoms with Crippen LogP contribution in [0.4, 0.5) is 0 Å². The highest BCUT2D eigenvalue weighted by atomic mass is 16.5. The van der Waals surface area contributed by atoms with E-state index in [1.807, 2.05) is 65.8 Å². The lowest BCUT2D eigenvalue weighted by atomic mass is 9.84. The molecule has 0 aliphatic heterocycles. The standard InChI is InChI=1S/C30H42O4/c1-11-18-32-23-15-13-22(14-16-23)25(31)17-12-21-19-24(28(2,3)4)27(34-30(8,9)10)26(20-21)33-29(5,6)7/h12-17,19-20H,11,18H2,1-10H3/b17-12-. The smallest absolute Gasteiger partial charge is 0.185 e. The van der Waals surface area contributed by atoms with Crippen molar-refractivity contribution in [2.24, 2.45) is 0 Å². The second kappa shape index (κ2) is 10.7. The van der Waals surface area contributed by atoms with Crippen LogP contribution < -0.4 is 14.2 Å². The van der Waals surface area contributed by atoms with Gasteiger partial charge in [-0.3, -0.25) is 4.79 Å². The number of allylic oxidation sites excluding steroid dienone is 1. The van der Waals surface area contributed by atoms with Crippen molar-refractivity contribution in [2.75, 3.05) is 6.61 Å². The molecule has 34 heavy (non-hydrogen) atoms. The van der Waals surface area contributed by atoms with Gasteiger partial charge in [-0.15, -0.1) is 0 Å². The van der Waals surface area contributed by atoms with E-state index in [2.05, 4.69) is 33.8 Å². The molecule has 0 heterocycles. The van der Waals surface area contributed by atoms with E-state index in [0.717, 1.165) is 29.0 Å². The van der Waals surface area contributed by atoms with Gasteiger partial charge in [-0.2, -0.15) is 0 Å². The second-order valence-electron chi connectivity index (χ2n) is 11.6. The normalized spacial score (nSPS) is 12.6. The second-order valence-corrected chi connectivity index (χ2v) is 11.6. The molecular weight excluding hydrogens is 424 g/mol. The van der Waals surface area contributed by atoms with Gasteiger partial charge < -0.3 is 14.2 Å². The first kappa shape index (κ1) is 27.5. The van der Waals surface area contributed by atoms with Gasteiger partial charge in [0.05, 0.1) is 6.61 Å². The van der Waals surface area contributed by atoms with E-state index >= 15 is 0 Å². The molecule has 186 valence electrons. The molecule has 0 aliphatic rings. The van der Waals surface area contributed by atoms with E-state index in [1.165, 1.54) is 0 Å².